The van der Waals surface area contributed by atoms with Crippen molar-refractivity contribution in [3.05, 3.63) is 77.9 Å². The minimum absolute atomic E-state index is 0.191. The average molecular weight is 574 g/mol. The molecule has 0 spiro atoms. The van der Waals surface area contributed by atoms with Crippen LogP contribution in [0.5, 0.6) is 0 Å². The van der Waals surface area contributed by atoms with E-state index in [1.54, 1.807) is 25.7 Å². The summed E-state index contributed by atoms with van der Waals surface area (Å²) in [5.74, 6) is -0.825. The number of fused-ring (bicyclic) bond motifs is 1. The van der Waals surface area contributed by atoms with Gasteiger partial charge in [0.05, 0.1) is 0 Å². The monoisotopic (exact) mass is 573 g/mol. The van der Waals surface area contributed by atoms with Crippen LogP contribution >= 0.6 is 0 Å². The molecule has 42 heavy (non-hydrogen) atoms. The highest BCUT2D eigenvalue weighted by molar-refractivity contribution is 6.00. The third kappa shape index (κ3) is 8.34. The molecule has 0 aliphatic rings. The smallest absolute Gasteiger partial charge is 0.408 e. The Balaban J connectivity index is 2.07. The van der Waals surface area contributed by atoms with Crippen molar-refractivity contribution in [2.24, 2.45) is 5.92 Å². The summed E-state index contributed by atoms with van der Waals surface area (Å²) < 4.78 is 5.51. The third-order valence-electron chi connectivity index (χ3n) is 7.72. The van der Waals surface area contributed by atoms with E-state index in [2.05, 4.69) is 17.6 Å². The Hall–Kier alpha value is -3.87. The van der Waals surface area contributed by atoms with Crippen molar-refractivity contribution in [1.29, 1.82) is 0 Å². The topological polar surface area (TPSA) is 87.7 Å². The van der Waals surface area contributed by atoms with Crippen molar-refractivity contribution in [3.8, 4) is 0 Å². The standard InChI is InChI=1S/C35H47N3O4/c1-9-23(4)30(37-34(41)42-35(6,7)8)33(40)38(24(5)10-2)31(27-18-16-25(11-3)17-19-27)32(39)36-29-21-20-26-14-12-13-15-28(26)22-29/h12-24,30-31H,9-11H2,1-8H3,(H,36,39)(H,37,41). The summed E-state index contributed by atoms with van der Waals surface area (Å²) in [4.78, 5) is 43.2. The Morgan fingerprint density at radius 2 is 1.50 bits per heavy atom. The number of alkyl carbamates (subject to hydrolysis) is 1. The van der Waals surface area contributed by atoms with Crippen LogP contribution in [0.3, 0.4) is 0 Å². The maximum atomic E-state index is 14.5. The molecule has 0 aliphatic heterocycles. The quantitative estimate of drug-likeness (QED) is 0.247. The second kappa shape index (κ2) is 14.3. The lowest BCUT2D eigenvalue weighted by atomic mass is 9.94. The number of aryl methyl sites for hydroxylation is 1. The molecule has 2 N–H and O–H groups in total. The third-order valence-corrected chi connectivity index (χ3v) is 7.72. The number of carbonyl (C=O) groups excluding carboxylic acids is 3. The lowest BCUT2D eigenvalue weighted by Crippen LogP contribution is -2.56. The minimum atomic E-state index is -0.920. The van der Waals surface area contributed by atoms with Crippen molar-refractivity contribution in [2.45, 2.75) is 98.4 Å². The molecule has 4 atom stereocenters. The van der Waals surface area contributed by atoms with Crippen LogP contribution in [0.2, 0.25) is 0 Å². The summed E-state index contributed by atoms with van der Waals surface area (Å²) in [6.45, 7) is 15.3. The lowest BCUT2D eigenvalue weighted by molar-refractivity contribution is -0.144. The van der Waals surface area contributed by atoms with Crippen molar-refractivity contribution in [1.82, 2.24) is 10.2 Å². The van der Waals surface area contributed by atoms with Crippen molar-refractivity contribution in [3.63, 3.8) is 0 Å². The zero-order valence-corrected chi connectivity index (χ0v) is 26.4. The SMILES string of the molecule is CCc1ccc(C(C(=O)Nc2ccc3ccccc3c2)N(C(=O)C(NC(=O)OC(C)(C)C)C(C)CC)C(C)CC)cc1. The molecule has 0 aliphatic carbocycles. The molecule has 0 aromatic heterocycles. The van der Waals surface area contributed by atoms with E-state index in [4.69, 9.17) is 4.74 Å². The van der Waals surface area contributed by atoms with Gasteiger partial charge in [-0.2, -0.15) is 0 Å². The predicted octanol–water partition coefficient (Wildman–Crippen LogP) is 7.65. The number of benzene rings is 3. The molecule has 0 heterocycles. The van der Waals surface area contributed by atoms with E-state index in [0.29, 0.717) is 24.1 Å². The Morgan fingerprint density at radius 1 is 0.857 bits per heavy atom. The number of carbonyl (C=O) groups is 3. The molecule has 7 heteroatoms. The summed E-state index contributed by atoms with van der Waals surface area (Å²) in [6.07, 6.45) is 1.48. The van der Waals surface area contributed by atoms with E-state index in [9.17, 15) is 14.4 Å². The predicted molar refractivity (Wildman–Crippen MR) is 170 cm³/mol. The van der Waals surface area contributed by atoms with Gasteiger partial charge in [-0.05, 0) is 80.5 Å². The highest BCUT2D eigenvalue weighted by Crippen LogP contribution is 2.30. The van der Waals surface area contributed by atoms with Gasteiger partial charge in [0.25, 0.3) is 5.91 Å². The summed E-state index contributed by atoms with van der Waals surface area (Å²) in [5.41, 5.74) is 1.78. The molecule has 0 saturated heterocycles. The molecule has 0 radical (unpaired) electrons. The first kappa shape index (κ1) is 32.6. The van der Waals surface area contributed by atoms with Crippen LogP contribution < -0.4 is 10.6 Å². The highest BCUT2D eigenvalue weighted by Gasteiger charge is 2.40. The molecule has 7 nitrogen and oxygen atoms in total. The maximum absolute atomic E-state index is 14.5. The van der Waals surface area contributed by atoms with Gasteiger partial charge in [0.15, 0.2) is 0 Å². The number of hydrogen-bond acceptors (Lipinski definition) is 4. The number of ether oxygens (including phenoxy) is 1. The van der Waals surface area contributed by atoms with E-state index in [0.717, 1.165) is 22.8 Å². The van der Waals surface area contributed by atoms with Gasteiger partial charge in [-0.25, -0.2) is 4.79 Å². The van der Waals surface area contributed by atoms with Gasteiger partial charge in [0, 0.05) is 11.7 Å². The van der Waals surface area contributed by atoms with Gasteiger partial charge < -0.3 is 20.3 Å². The summed E-state index contributed by atoms with van der Waals surface area (Å²) >= 11 is 0. The first-order valence-electron chi connectivity index (χ1n) is 15.1. The average Bonchev–Trinajstić information content (AvgIpc) is 2.96. The van der Waals surface area contributed by atoms with Crippen LogP contribution in [-0.4, -0.2) is 40.5 Å². The summed E-state index contributed by atoms with van der Waals surface area (Å²) in [5, 5.41) is 8.00. The molecule has 226 valence electrons. The van der Waals surface area contributed by atoms with E-state index in [1.165, 1.54) is 0 Å². The van der Waals surface area contributed by atoms with E-state index >= 15 is 0 Å². The fraction of sp³-hybridized carbons (Fsp3) is 0.457. The van der Waals surface area contributed by atoms with E-state index in [-0.39, 0.29) is 23.8 Å². The number of amides is 3. The van der Waals surface area contributed by atoms with Gasteiger partial charge in [-0.15, -0.1) is 0 Å². The summed E-state index contributed by atoms with van der Waals surface area (Å²) in [6, 6.07) is 19.5. The van der Waals surface area contributed by atoms with Crippen molar-refractivity contribution < 1.29 is 19.1 Å². The van der Waals surface area contributed by atoms with Gasteiger partial charge in [0.2, 0.25) is 5.91 Å². The van der Waals surface area contributed by atoms with Crippen molar-refractivity contribution in [2.75, 3.05) is 5.32 Å². The fourth-order valence-corrected chi connectivity index (χ4v) is 4.93. The molecule has 3 rings (SSSR count). The number of hydrogen-bond donors (Lipinski definition) is 2. The molecular weight excluding hydrogens is 526 g/mol. The second-order valence-corrected chi connectivity index (χ2v) is 12.1. The van der Waals surface area contributed by atoms with E-state index in [1.807, 2.05) is 94.4 Å². The van der Waals surface area contributed by atoms with Crippen LogP contribution in [0.1, 0.15) is 85.4 Å². The van der Waals surface area contributed by atoms with Crippen LogP contribution in [0.15, 0.2) is 66.7 Å². The number of nitrogens with zero attached hydrogens (tertiary/aromatic N) is 1. The van der Waals surface area contributed by atoms with Gasteiger partial charge in [-0.3, -0.25) is 9.59 Å². The van der Waals surface area contributed by atoms with Crippen LogP contribution in [0, 0.1) is 5.92 Å². The van der Waals surface area contributed by atoms with E-state index < -0.39 is 23.8 Å². The van der Waals surface area contributed by atoms with Crippen LogP contribution in [-0.2, 0) is 20.7 Å². The molecule has 0 fully saturated rings. The molecule has 3 amide bonds. The lowest BCUT2D eigenvalue weighted by Gasteiger charge is -2.39. The first-order valence-corrected chi connectivity index (χ1v) is 15.1. The zero-order valence-electron chi connectivity index (χ0n) is 26.4. The Kier molecular flexibility index (Phi) is 11.1. The van der Waals surface area contributed by atoms with Crippen LogP contribution in [0.25, 0.3) is 10.8 Å². The van der Waals surface area contributed by atoms with Gasteiger partial charge >= 0.3 is 6.09 Å². The molecule has 3 aromatic carbocycles. The highest BCUT2D eigenvalue weighted by atomic mass is 16.6. The fourth-order valence-electron chi connectivity index (χ4n) is 4.93. The van der Waals surface area contributed by atoms with Gasteiger partial charge in [0.1, 0.15) is 17.7 Å². The zero-order chi connectivity index (χ0) is 31.0. The number of anilines is 1. The molecule has 4 unspecified atom stereocenters. The number of rotatable bonds is 11. The second-order valence-electron chi connectivity index (χ2n) is 12.1. The molecular formula is C35H47N3O4. The normalized spacial score (nSPS) is 14.4. The van der Waals surface area contributed by atoms with Crippen LogP contribution in [0.4, 0.5) is 10.5 Å². The largest absolute Gasteiger partial charge is 0.444 e. The Bertz CT molecular complexity index is 1360. The Morgan fingerprint density at radius 3 is 2.07 bits per heavy atom. The maximum Gasteiger partial charge on any atom is 0.408 e. The number of nitrogens with one attached hydrogen (secondary N) is 2. The minimum Gasteiger partial charge on any atom is -0.444 e. The molecule has 3 aromatic rings. The molecule has 0 bridgehead atoms. The van der Waals surface area contributed by atoms with Gasteiger partial charge in [-0.1, -0.05) is 88.7 Å². The van der Waals surface area contributed by atoms with Crippen molar-refractivity contribution >= 4 is 34.4 Å². The first-order chi connectivity index (χ1) is 19.9. The summed E-state index contributed by atoms with van der Waals surface area (Å²) in [7, 11) is 0. The Labute approximate surface area is 251 Å². The molecule has 0 saturated carbocycles.